The molecule has 3 aromatic carbocycles. The molecule has 126 valence electrons. The van der Waals surface area contributed by atoms with E-state index in [2.05, 4.69) is 35.0 Å². The minimum Gasteiger partial charge on any atom is -0.287 e. The Labute approximate surface area is 160 Å². The number of carbonyl (C=O) groups excluding carboxylic acids is 1. The molecule has 0 radical (unpaired) electrons. The van der Waals surface area contributed by atoms with Crippen molar-refractivity contribution in [1.29, 1.82) is 0 Å². The molecule has 4 aromatic rings. The van der Waals surface area contributed by atoms with Crippen LogP contribution in [-0.4, -0.2) is 10.8 Å². The van der Waals surface area contributed by atoms with Crippen LogP contribution in [0.3, 0.4) is 0 Å². The topological polar surface area (TPSA) is 30.0 Å². The standard InChI is InChI=1S/C23H16BrNO/c1-15-7-12-21-18(13-15)14-20(16-5-3-2-4-6-16)22(25-21)23(26)17-8-10-19(24)11-9-17/h2-14H,1H3. The summed E-state index contributed by atoms with van der Waals surface area (Å²) in [7, 11) is 0. The van der Waals surface area contributed by atoms with Crippen LogP contribution >= 0.6 is 15.9 Å². The molecule has 0 atom stereocenters. The second-order valence-corrected chi connectivity index (χ2v) is 7.20. The molecule has 0 bridgehead atoms. The summed E-state index contributed by atoms with van der Waals surface area (Å²) in [5.74, 6) is -0.0705. The Bertz CT molecular complexity index is 1100. The maximum absolute atomic E-state index is 13.2. The highest BCUT2D eigenvalue weighted by Crippen LogP contribution is 2.29. The van der Waals surface area contributed by atoms with E-state index >= 15 is 0 Å². The Hall–Kier alpha value is -2.78. The highest BCUT2D eigenvalue weighted by molar-refractivity contribution is 9.10. The first kappa shape index (κ1) is 16.7. The Morgan fingerprint density at radius 1 is 0.885 bits per heavy atom. The van der Waals surface area contributed by atoms with Crippen molar-refractivity contribution in [3.05, 3.63) is 100 Å². The average Bonchev–Trinajstić information content (AvgIpc) is 2.67. The third-order valence-corrected chi connectivity index (χ3v) is 4.91. The smallest absolute Gasteiger partial charge is 0.212 e. The van der Waals surface area contributed by atoms with E-state index in [-0.39, 0.29) is 5.78 Å². The van der Waals surface area contributed by atoms with E-state index in [1.165, 1.54) is 5.56 Å². The minimum atomic E-state index is -0.0705. The fraction of sp³-hybridized carbons (Fsp3) is 0.0435. The number of fused-ring (bicyclic) bond motifs is 1. The number of halogens is 1. The predicted octanol–water partition coefficient (Wildman–Crippen LogP) is 6.20. The number of ketones is 1. The number of aryl methyl sites for hydroxylation is 1. The first-order chi connectivity index (χ1) is 12.6. The zero-order valence-corrected chi connectivity index (χ0v) is 15.8. The number of rotatable bonds is 3. The zero-order valence-electron chi connectivity index (χ0n) is 14.2. The van der Waals surface area contributed by atoms with Crippen molar-refractivity contribution >= 4 is 32.6 Å². The van der Waals surface area contributed by atoms with Crippen LogP contribution in [0.4, 0.5) is 0 Å². The molecule has 0 N–H and O–H groups in total. The van der Waals surface area contributed by atoms with Gasteiger partial charge in [0.25, 0.3) is 0 Å². The number of pyridine rings is 1. The first-order valence-electron chi connectivity index (χ1n) is 8.39. The summed E-state index contributed by atoms with van der Waals surface area (Å²) in [6.07, 6.45) is 0. The summed E-state index contributed by atoms with van der Waals surface area (Å²) in [5.41, 5.74) is 4.96. The van der Waals surface area contributed by atoms with E-state index in [9.17, 15) is 4.79 Å². The van der Waals surface area contributed by atoms with E-state index in [1.807, 2.05) is 66.7 Å². The van der Waals surface area contributed by atoms with Crippen LogP contribution in [0.15, 0.2) is 83.3 Å². The molecule has 0 amide bonds. The number of nitrogens with zero attached hydrogens (tertiary/aromatic N) is 1. The van der Waals surface area contributed by atoms with Gasteiger partial charge < -0.3 is 0 Å². The number of hydrogen-bond donors (Lipinski definition) is 0. The van der Waals surface area contributed by atoms with Crippen molar-refractivity contribution in [1.82, 2.24) is 4.98 Å². The fourth-order valence-corrected chi connectivity index (χ4v) is 3.31. The molecule has 1 heterocycles. The normalized spacial score (nSPS) is 10.8. The molecule has 0 aliphatic rings. The zero-order chi connectivity index (χ0) is 18.1. The molecule has 1 aromatic heterocycles. The van der Waals surface area contributed by atoms with Crippen LogP contribution in [0.1, 0.15) is 21.6 Å². The largest absolute Gasteiger partial charge is 0.287 e. The van der Waals surface area contributed by atoms with Crippen molar-refractivity contribution in [3.8, 4) is 11.1 Å². The lowest BCUT2D eigenvalue weighted by molar-refractivity contribution is 0.103. The molecule has 0 spiro atoms. The molecule has 2 nitrogen and oxygen atoms in total. The van der Waals surface area contributed by atoms with E-state index in [0.29, 0.717) is 11.3 Å². The maximum Gasteiger partial charge on any atom is 0.212 e. The molecule has 0 unspecified atom stereocenters. The fourth-order valence-electron chi connectivity index (χ4n) is 3.04. The molecule has 0 aliphatic carbocycles. The van der Waals surface area contributed by atoms with E-state index in [0.717, 1.165) is 26.5 Å². The summed E-state index contributed by atoms with van der Waals surface area (Å²) >= 11 is 3.41. The SMILES string of the molecule is Cc1ccc2nc(C(=O)c3ccc(Br)cc3)c(-c3ccccc3)cc2c1. The third-order valence-electron chi connectivity index (χ3n) is 4.38. The summed E-state index contributed by atoms with van der Waals surface area (Å²) < 4.78 is 0.944. The Morgan fingerprint density at radius 3 is 2.35 bits per heavy atom. The van der Waals surface area contributed by atoms with Crippen LogP contribution < -0.4 is 0 Å². The van der Waals surface area contributed by atoms with Gasteiger partial charge in [-0.1, -0.05) is 57.9 Å². The lowest BCUT2D eigenvalue weighted by atomic mass is 9.96. The van der Waals surface area contributed by atoms with Gasteiger partial charge in [-0.15, -0.1) is 0 Å². The van der Waals surface area contributed by atoms with Crippen molar-refractivity contribution in [3.63, 3.8) is 0 Å². The summed E-state index contributed by atoms with van der Waals surface area (Å²) in [4.78, 5) is 17.9. The number of carbonyl (C=O) groups is 1. The molecule has 0 saturated carbocycles. The van der Waals surface area contributed by atoms with Gasteiger partial charge in [-0.3, -0.25) is 4.79 Å². The first-order valence-corrected chi connectivity index (χ1v) is 9.18. The van der Waals surface area contributed by atoms with Crippen LogP contribution in [0, 0.1) is 6.92 Å². The van der Waals surface area contributed by atoms with Crippen molar-refractivity contribution in [2.45, 2.75) is 6.92 Å². The third kappa shape index (κ3) is 3.18. The van der Waals surface area contributed by atoms with Gasteiger partial charge in [0.2, 0.25) is 5.78 Å². The lowest BCUT2D eigenvalue weighted by Crippen LogP contribution is -2.07. The van der Waals surface area contributed by atoms with Crippen LogP contribution in [0.25, 0.3) is 22.0 Å². The molecular formula is C23H16BrNO. The molecule has 4 rings (SSSR count). The average molecular weight is 402 g/mol. The predicted molar refractivity (Wildman–Crippen MR) is 109 cm³/mol. The van der Waals surface area contributed by atoms with Gasteiger partial charge in [0.05, 0.1) is 5.52 Å². The van der Waals surface area contributed by atoms with Gasteiger partial charge in [-0.05, 0) is 55.0 Å². The molecule has 26 heavy (non-hydrogen) atoms. The Kier molecular flexibility index (Phi) is 4.39. The summed E-state index contributed by atoms with van der Waals surface area (Å²) in [5, 5.41) is 1.04. The second-order valence-electron chi connectivity index (χ2n) is 6.28. The maximum atomic E-state index is 13.2. The Balaban J connectivity index is 1.95. The number of hydrogen-bond acceptors (Lipinski definition) is 2. The van der Waals surface area contributed by atoms with E-state index in [4.69, 9.17) is 4.98 Å². The van der Waals surface area contributed by atoms with Gasteiger partial charge in [-0.25, -0.2) is 4.98 Å². The lowest BCUT2D eigenvalue weighted by Gasteiger charge is -2.11. The molecule has 0 aliphatic heterocycles. The van der Waals surface area contributed by atoms with Crippen molar-refractivity contribution < 1.29 is 4.79 Å². The molecular weight excluding hydrogens is 386 g/mol. The number of benzene rings is 3. The monoisotopic (exact) mass is 401 g/mol. The van der Waals surface area contributed by atoms with Crippen LogP contribution in [0.5, 0.6) is 0 Å². The molecule has 3 heteroatoms. The minimum absolute atomic E-state index is 0.0705. The number of aromatic nitrogens is 1. The second kappa shape index (κ2) is 6.85. The molecule has 0 fully saturated rings. The quantitative estimate of drug-likeness (QED) is 0.382. The van der Waals surface area contributed by atoms with Gasteiger partial charge in [0, 0.05) is 21.0 Å². The van der Waals surface area contributed by atoms with Gasteiger partial charge in [-0.2, -0.15) is 0 Å². The van der Waals surface area contributed by atoms with Crippen LogP contribution in [-0.2, 0) is 0 Å². The van der Waals surface area contributed by atoms with Gasteiger partial charge in [0.15, 0.2) is 0 Å². The summed E-state index contributed by atoms with van der Waals surface area (Å²) in [6.45, 7) is 2.06. The van der Waals surface area contributed by atoms with Gasteiger partial charge >= 0.3 is 0 Å². The van der Waals surface area contributed by atoms with E-state index < -0.39 is 0 Å². The van der Waals surface area contributed by atoms with Crippen molar-refractivity contribution in [2.24, 2.45) is 0 Å². The highest BCUT2D eigenvalue weighted by atomic mass is 79.9. The Morgan fingerprint density at radius 2 is 1.62 bits per heavy atom. The highest BCUT2D eigenvalue weighted by Gasteiger charge is 2.18. The van der Waals surface area contributed by atoms with Crippen LogP contribution in [0.2, 0.25) is 0 Å². The summed E-state index contributed by atoms with van der Waals surface area (Å²) in [6, 6.07) is 25.5. The van der Waals surface area contributed by atoms with E-state index in [1.54, 1.807) is 0 Å². The van der Waals surface area contributed by atoms with Gasteiger partial charge in [0.1, 0.15) is 5.69 Å². The van der Waals surface area contributed by atoms with Crippen molar-refractivity contribution in [2.75, 3.05) is 0 Å². The molecule has 0 saturated heterocycles.